The van der Waals surface area contributed by atoms with E-state index < -0.39 is 16.9 Å². The van der Waals surface area contributed by atoms with Gasteiger partial charge in [0.25, 0.3) is 0 Å². The molecule has 0 saturated carbocycles. The zero-order valence-electron chi connectivity index (χ0n) is 15.4. The van der Waals surface area contributed by atoms with Crippen LogP contribution in [0.5, 0.6) is 0 Å². The van der Waals surface area contributed by atoms with Crippen molar-refractivity contribution >= 4 is 28.3 Å². The van der Waals surface area contributed by atoms with Crippen LogP contribution in [-0.2, 0) is 16.0 Å². The van der Waals surface area contributed by atoms with Crippen LogP contribution in [0.4, 0.5) is 9.80 Å². The predicted molar refractivity (Wildman–Crippen MR) is 104 cm³/mol. The predicted octanol–water partition coefficient (Wildman–Crippen LogP) is 3.41. The largest absolute Gasteiger partial charge is 0.462 e. The van der Waals surface area contributed by atoms with Gasteiger partial charge in [-0.05, 0) is 18.6 Å². The van der Waals surface area contributed by atoms with Gasteiger partial charge in [-0.3, -0.25) is 10.1 Å². The van der Waals surface area contributed by atoms with Crippen molar-refractivity contribution in [2.45, 2.75) is 19.4 Å². The highest BCUT2D eigenvalue weighted by Gasteiger charge is 2.36. The van der Waals surface area contributed by atoms with E-state index in [1.807, 2.05) is 30.3 Å². The highest BCUT2D eigenvalue weighted by Crippen LogP contribution is 2.36. The van der Waals surface area contributed by atoms with Gasteiger partial charge < -0.3 is 15.0 Å². The van der Waals surface area contributed by atoms with Gasteiger partial charge in [0, 0.05) is 30.1 Å². The molecule has 8 nitrogen and oxygen atoms in total. The molecule has 0 unspecified atom stereocenters. The number of urea groups is 1. The average molecular weight is 401 g/mol. The van der Waals surface area contributed by atoms with E-state index in [1.54, 1.807) is 20.0 Å². The normalized spacial score (nSPS) is 16.7. The third kappa shape index (κ3) is 4.04. The summed E-state index contributed by atoms with van der Waals surface area (Å²) in [5.41, 5.74) is 1.77. The molecule has 1 aromatic heterocycles. The Bertz CT molecular complexity index is 938. The summed E-state index contributed by atoms with van der Waals surface area (Å²) in [6, 6.07) is 11.4. The van der Waals surface area contributed by atoms with E-state index >= 15 is 0 Å². The standard InChI is InChI=1S/C19H19N3O5S/c1-12-16(18(23)27-11-10-13-6-4-3-5-7-13)17(20-19(24)21(12)2)14-8-9-15(28-14)22(25)26/h3-9,17H,10-11H2,1-2H3,(H,20,24)/t17-/m1/s1. The number of rotatable bonds is 6. The molecule has 3 rings (SSSR count). The molecule has 1 atom stereocenters. The van der Waals surface area contributed by atoms with Crippen LogP contribution in [0.1, 0.15) is 23.4 Å². The van der Waals surface area contributed by atoms with Crippen molar-refractivity contribution in [3.05, 3.63) is 74.3 Å². The molecule has 28 heavy (non-hydrogen) atoms. The quantitative estimate of drug-likeness (QED) is 0.454. The van der Waals surface area contributed by atoms with Crippen LogP contribution in [0.2, 0.25) is 0 Å². The number of carbonyl (C=O) groups is 2. The Morgan fingerprint density at radius 3 is 2.64 bits per heavy atom. The second-order valence-corrected chi connectivity index (χ2v) is 7.34. The molecule has 1 aromatic carbocycles. The Morgan fingerprint density at radius 1 is 1.29 bits per heavy atom. The molecule has 0 saturated heterocycles. The number of amides is 2. The second kappa shape index (κ2) is 8.22. The third-order valence-corrected chi connectivity index (χ3v) is 5.62. The van der Waals surface area contributed by atoms with E-state index in [1.165, 1.54) is 11.0 Å². The summed E-state index contributed by atoms with van der Waals surface area (Å²) in [6.45, 7) is 1.84. The molecule has 0 fully saturated rings. The number of ether oxygens (including phenoxy) is 1. The number of nitrogens with zero attached hydrogens (tertiary/aromatic N) is 2. The first-order valence-corrected chi connectivity index (χ1v) is 9.40. The molecule has 1 N–H and O–H groups in total. The molecule has 0 bridgehead atoms. The van der Waals surface area contributed by atoms with Gasteiger partial charge in [0.1, 0.15) is 0 Å². The SMILES string of the molecule is CC1=C(C(=O)OCCc2ccccc2)[C@@H](c2ccc([N+](=O)[O-])s2)NC(=O)N1C. The summed E-state index contributed by atoms with van der Waals surface area (Å²) in [7, 11) is 1.55. The minimum atomic E-state index is -0.786. The van der Waals surface area contributed by atoms with Gasteiger partial charge in [-0.15, -0.1) is 0 Å². The maximum absolute atomic E-state index is 12.8. The average Bonchev–Trinajstić information content (AvgIpc) is 3.17. The molecule has 9 heteroatoms. The van der Waals surface area contributed by atoms with Crippen LogP contribution < -0.4 is 5.32 Å². The van der Waals surface area contributed by atoms with E-state index in [2.05, 4.69) is 5.32 Å². The highest BCUT2D eigenvalue weighted by atomic mass is 32.1. The Kier molecular flexibility index (Phi) is 5.74. The highest BCUT2D eigenvalue weighted by molar-refractivity contribution is 7.15. The molecule has 2 aromatic rings. The van der Waals surface area contributed by atoms with E-state index in [4.69, 9.17) is 4.74 Å². The fourth-order valence-corrected chi connectivity index (χ4v) is 3.78. The number of allylic oxidation sites excluding steroid dienone is 1. The summed E-state index contributed by atoms with van der Waals surface area (Å²) in [5.74, 6) is -0.554. The smallest absolute Gasteiger partial charge is 0.338 e. The first kappa shape index (κ1) is 19.6. The van der Waals surface area contributed by atoms with Crippen molar-refractivity contribution in [1.82, 2.24) is 10.2 Å². The molecule has 2 heterocycles. The zero-order chi connectivity index (χ0) is 20.3. The third-order valence-electron chi connectivity index (χ3n) is 4.52. The number of esters is 1. The monoisotopic (exact) mass is 401 g/mol. The lowest BCUT2D eigenvalue weighted by atomic mass is 10.0. The second-order valence-electron chi connectivity index (χ2n) is 6.25. The molecular weight excluding hydrogens is 382 g/mol. The van der Waals surface area contributed by atoms with Crippen molar-refractivity contribution in [2.75, 3.05) is 13.7 Å². The van der Waals surface area contributed by atoms with Crippen LogP contribution in [0.3, 0.4) is 0 Å². The van der Waals surface area contributed by atoms with Gasteiger partial charge in [0.2, 0.25) is 0 Å². The maximum atomic E-state index is 12.8. The van der Waals surface area contributed by atoms with Gasteiger partial charge >= 0.3 is 17.0 Å². The summed E-state index contributed by atoms with van der Waals surface area (Å²) in [4.78, 5) is 37.3. The lowest BCUT2D eigenvalue weighted by Gasteiger charge is -2.32. The van der Waals surface area contributed by atoms with Crippen LogP contribution in [0, 0.1) is 10.1 Å². The first-order chi connectivity index (χ1) is 13.4. The molecule has 1 aliphatic heterocycles. The molecular formula is C19H19N3O5S. The number of nitrogens with one attached hydrogen (secondary N) is 1. The van der Waals surface area contributed by atoms with Gasteiger partial charge in [-0.1, -0.05) is 41.7 Å². The van der Waals surface area contributed by atoms with Gasteiger partial charge in [0.15, 0.2) is 0 Å². The van der Waals surface area contributed by atoms with Crippen LogP contribution in [-0.4, -0.2) is 35.5 Å². The summed E-state index contributed by atoms with van der Waals surface area (Å²) < 4.78 is 5.44. The van der Waals surface area contributed by atoms with Crippen molar-refractivity contribution in [3.8, 4) is 0 Å². The molecule has 2 amide bonds. The lowest BCUT2D eigenvalue weighted by Crippen LogP contribution is -2.46. The van der Waals surface area contributed by atoms with E-state index in [-0.39, 0.29) is 23.2 Å². The van der Waals surface area contributed by atoms with Gasteiger partial charge in [-0.2, -0.15) is 0 Å². The Morgan fingerprint density at radius 2 is 2.00 bits per heavy atom. The minimum Gasteiger partial charge on any atom is -0.462 e. The lowest BCUT2D eigenvalue weighted by molar-refractivity contribution is -0.380. The number of thiophene rings is 1. The fourth-order valence-electron chi connectivity index (χ4n) is 2.89. The van der Waals surface area contributed by atoms with E-state index in [9.17, 15) is 19.7 Å². The number of nitro groups is 1. The first-order valence-electron chi connectivity index (χ1n) is 8.58. The van der Waals surface area contributed by atoms with E-state index in [0.29, 0.717) is 17.0 Å². The molecule has 1 aliphatic rings. The fraction of sp³-hybridized carbons (Fsp3) is 0.263. The molecule has 0 radical (unpaired) electrons. The van der Waals surface area contributed by atoms with Crippen molar-refractivity contribution in [2.24, 2.45) is 0 Å². The van der Waals surface area contributed by atoms with Crippen molar-refractivity contribution in [3.63, 3.8) is 0 Å². The topological polar surface area (TPSA) is 102 Å². The van der Waals surface area contributed by atoms with E-state index in [0.717, 1.165) is 16.9 Å². The molecule has 0 aliphatic carbocycles. The number of hydrogen-bond donors (Lipinski definition) is 1. The Labute approximate surface area is 165 Å². The molecule has 146 valence electrons. The summed E-state index contributed by atoms with van der Waals surface area (Å²) in [6.07, 6.45) is 0.566. The number of benzene rings is 1. The molecule has 0 spiro atoms. The Balaban J connectivity index is 1.81. The van der Waals surface area contributed by atoms with Crippen LogP contribution in [0.25, 0.3) is 0 Å². The van der Waals surface area contributed by atoms with Crippen LogP contribution >= 0.6 is 11.3 Å². The van der Waals surface area contributed by atoms with Gasteiger partial charge in [0.05, 0.1) is 23.1 Å². The van der Waals surface area contributed by atoms with Crippen molar-refractivity contribution in [1.29, 1.82) is 0 Å². The van der Waals surface area contributed by atoms with Crippen LogP contribution in [0.15, 0.2) is 53.7 Å². The summed E-state index contributed by atoms with van der Waals surface area (Å²) in [5, 5.41) is 13.6. The summed E-state index contributed by atoms with van der Waals surface area (Å²) >= 11 is 0.920. The Hall–Kier alpha value is -3.20. The number of carbonyl (C=O) groups excluding carboxylic acids is 2. The zero-order valence-corrected chi connectivity index (χ0v) is 16.2. The van der Waals surface area contributed by atoms with Gasteiger partial charge in [-0.25, -0.2) is 9.59 Å². The number of hydrogen-bond acceptors (Lipinski definition) is 6. The maximum Gasteiger partial charge on any atom is 0.338 e. The van der Waals surface area contributed by atoms with Crippen molar-refractivity contribution < 1.29 is 19.2 Å². The minimum absolute atomic E-state index is 0.0578.